The number of ether oxygens (including phenoxy) is 1. The van der Waals surface area contributed by atoms with E-state index in [9.17, 15) is 19.2 Å². The molecule has 0 saturated heterocycles. The van der Waals surface area contributed by atoms with Gasteiger partial charge in [0.1, 0.15) is 0 Å². The molecule has 0 aliphatic heterocycles. The van der Waals surface area contributed by atoms with Crippen LogP contribution in [0.4, 0.5) is 0 Å². The van der Waals surface area contributed by atoms with Gasteiger partial charge in [-0.1, -0.05) is 20.8 Å². The monoisotopic (exact) mass is 246 g/mol. The third-order valence-electron chi connectivity index (χ3n) is 1.63. The lowest BCUT2D eigenvalue weighted by atomic mass is 10.1. The highest BCUT2D eigenvalue weighted by atomic mass is 16.5. The van der Waals surface area contributed by atoms with Crippen molar-refractivity contribution < 1.29 is 29.0 Å². The number of Topliss-reactive ketones (excluding diaryl/α,β-unsaturated/α-hetero) is 2. The number of hydrogen-bond donors (Lipinski definition) is 1. The van der Waals surface area contributed by atoms with E-state index in [1.165, 1.54) is 7.11 Å². The van der Waals surface area contributed by atoms with Crippen molar-refractivity contribution in [1.82, 2.24) is 0 Å². The van der Waals surface area contributed by atoms with E-state index >= 15 is 0 Å². The van der Waals surface area contributed by atoms with Gasteiger partial charge in [0.15, 0.2) is 0 Å². The Balaban J connectivity index is 0. The van der Waals surface area contributed by atoms with E-state index < -0.39 is 29.4 Å². The van der Waals surface area contributed by atoms with E-state index in [1.807, 2.05) is 6.92 Å². The topological polar surface area (TPSA) is 97.7 Å². The highest BCUT2D eigenvalue weighted by molar-refractivity contribution is 6.33. The predicted molar refractivity (Wildman–Crippen MR) is 59.4 cm³/mol. The Bertz CT molecular complexity index is 292. The maximum atomic E-state index is 10.5. The van der Waals surface area contributed by atoms with Gasteiger partial charge in [0.25, 0.3) is 0 Å². The van der Waals surface area contributed by atoms with Crippen LogP contribution in [0.3, 0.4) is 0 Å². The normalized spacial score (nSPS) is 9.00. The maximum absolute atomic E-state index is 10.5. The molecule has 0 fully saturated rings. The minimum Gasteiger partial charge on any atom is -0.475 e. The van der Waals surface area contributed by atoms with Crippen LogP contribution in [0.1, 0.15) is 33.6 Å². The number of methoxy groups -OCH3 is 1. The van der Waals surface area contributed by atoms with Gasteiger partial charge in [-0.2, -0.15) is 0 Å². The molecule has 0 bridgehead atoms. The molecule has 0 heterocycles. The number of aliphatic carboxylic acids is 1. The van der Waals surface area contributed by atoms with Crippen molar-refractivity contribution in [3.8, 4) is 0 Å². The summed E-state index contributed by atoms with van der Waals surface area (Å²) in [4.78, 5) is 40.9. The molecule has 0 aromatic carbocycles. The van der Waals surface area contributed by atoms with Crippen LogP contribution in [0.5, 0.6) is 0 Å². The first kappa shape index (κ1) is 17.7. The Morgan fingerprint density at radius 2 is 1.65 bits per heavy atom. The summed E-state index contributed by atoms with van der Waals surface area (Å²) in [6.45, 7) is 4.94. The Hall–Kier alpha value is -1.72. The molecule has 6 nitrogen and oxygen atoms in total. The average Bonchev–Trinajstić information content (AvgIpc) is 2.27. The standard InChI is InChI=1S/C6H10O3.C5H8O3/c1-3-4-5(7)6(8)9-2;1-3(2)4(6)5(7)8/h3-4H2,1-2H3;3H,1-2H3,(H,7,8). The lowest BCUT2D eigenvalue weighted by Gasteiger charge is -1.93. The molecule has 0 aromatic heterocycles. The first-order valence-corrected chi connectivity index (χ1v) is 5.16. The summed E-state index contributed by atoms with van der Waals surface area (Å²) in [6.07, 6.45) is 0.973. The van der Waals surface area contributed by atoms with E-state index in [4.69, 9.17) is 5.11 Å². The average molecular weight is 246 g/mol. The molecule has 0 atom stereocenters. The molecule has 1 N–H and O–H groups in total. The van der Waals surface area contributed by atoms with Gasteiger partial charge in [-0.05, 0) is 6.42 Å². The highest BCUT2D eigenvalue weighted by Crippen LogP contribution is 1.92. The molecule has 0 aliphatic carbocycles. The molecule has 0 spiro atoms. The number of esters is 1. The van der Waals surface area contributed by atoms with Crippen molar-refractivity contribution >= 4 is 23.5 Å². The van der Waals surface area contributed by atoms with Crippen molar-refractivity contribution in [2.45, 2.75) is 33.6 Å². The molecule has 17 heavy (non-hydrogen) atoms. The molecule has 98 valence electrons. The van der Waals surface area contributed by atoms with Gasteiger partial charge in [-0.25, -0.2) is 9.59 Å². The van der Waals surface area contributed by atoms with Crippen LogP contribution in [0.25, 0.3) is 0 Å². The minimum atomic E-state index is -1.35. The SMILES string of the molecule is CC(C)C(=O)C(=O)O.CCCC(=O)C(=O)OC. The van der Waals surface area contributed by atoms with Gasteiger partial charge in [-0.3, -0.25) is 9.59 Å². The highest BCUT2D eigenvalue weighted by Gasteiger charge is 2.14. The molecule has 0 unspecified atom stereocenters. The van der Waals surface area contributed by atoms with Crippen LogP contribution in [0.15, 0.2) is 0 Å². The van der Waals surface area contributed by atoms with Crippen LogP contribution in [0, 0.1) is 5.92 Å². The largest absolute Gasteiger partial charge is 0.475 e. The second kappa shape index (κ2) is 9.50. The van der Waals surface area contributed by atoms with Crippen LogP contribution < -0.4 is 0 Å². The van der Waals surface area contributed by atoms with E-state index in [-0.39, 0.29) is 6.42 Å². The predicted octanol–water partition coefficient (Wildman–Crippen LogP) is 0.825. The zero-order valence-electron chi connectivity index (χ0n) is 10.5. The van der Waals surface area contributed by atoms with Gasteiger partial charge in [0.2, 0.25) is 11.6 Å². The number of carboxylic acid groups (broad SMARTS) is 1. The second-order valence-corrected chi connectivity index (χ2v) is 3.49. The van der Waals surface area contributed by atoms with Gasteiger partial charge < -0.3 is 9.84 Å². The van der Waals surface area contributed by atoms with E-state index in [1.54, 1.807) is 13.8 Å². The van der Waals surface area contributed by atoms with E-state index in [0.717, 1.165) is 0 Å². The van der Waals surface area contributed by atoms with E-state index in [0.29, 0.717) is 6.42 Å². The van der Waals surface area contributed by atoms with Crippen LogP contribution in [-0.2, 0) is 23.9 Å². The molecule has 6 heteroatoms. The molecule has 0 radical (unpaired) electrons. The quantitative estimate of drug-likeness (QED) is 0.569. The number of carbonyl (C=O) groups excluding carboxylic acids is 3. The van der Waals surface area contributed by atoms with Crippen LogP contribution in [-0.4, -0.2) is 35.7 Å². The number of carboxylic acids is 1. The summed E-state index contributed by atoms with van der Waals surface area (Å²) in [5.41, 5.74) is 0. The molecule has 0 saturated carbocycles. The lowest BCUT2D eigenvalue weighted by Crippen LogP contribution is -2.18. The summed E-state index contributed by atoms with van der Waals surface area (Å²) in [7, 11) is 1.20. The van der Waals surface area contributed by atoms with Gasteiger partial charge in [-0.15, -0.1) is 0 Å². The first-order valence-electron chi connectivity index (χ1n) is 5.16. The number of ketones is 2. The van der Waals surface area contributed by atoms with Crippen LogP contribution >= 0.6 is 0 Å². The van der Waals surface area contributed by atoms with Crippen LogP contribution in [0.2, 0.25) is 0 Å². The lowest BCUT2D eigenvalue weighted by molar-refractivity contribution is -0.151. The third kappa shape index (κ3) is 9.22. The third-order valence-corrected chi connectivity index (χ3v) is 1.63. The fourth-order valence-corrected chi connectivity index (χ4v) is 0.690. The fraction of sp³-hybridized carbons (Fsp3) is 0.636. The minimum absolute atomic E-state index is 0.284. The van der Waals surface area contributed by atoms with Crippen molar-refractivity contribution in [2.24, 2.45) is 5.92 Å². The fourth-order valence-electron chi connectivity index (χ4n) is 0.690. The van der Waals surface area contributed by atoms with Gasteiger partial charge in [0.05, 0.1) is 7.11 Å². The summed E-state index contributed by atoms with van der Waals surface area (Å²) in [5, 5.41) is 8.00. The van der Waals surface area contributed by atoms with Crippen molar-refractivity contribution in [3.05, 3.63) is 0 Å². The van der Waals surface area contributed by atoms with Crippen molar-refractivity contribution in [2.75, 3.05) is 7.11 Å². The zero-order chi connectivity index (χ0) is 14.0. The van der Waals surface area contributed by atoms with Crippen molar-refractivity contribution in [3.63, 3.8) is 0 Å². The molecule has 0 aromatic rings. The zero-order valence-corrected chi connectivity index (χ0v) is 10.5. The molecule has 0 aliphatic rings. The Morgan fingerprint density at radius 3 is 1.82 bits per heavy atom. The van der Waals surface area contributed by atoms with Gasteiger partial charge >= 0.3 is 11.9 Å². The number of rotatable bonds is 5. The maximum Gasteiger partial charge on any atom is 0.374 e. The smallest absolute Gasteiger partial charge is 0.374 e. The Kier molecular flexibility index (Phi) is 9.88. The summed E-state index contributed by atoms with van der Waals surface area (Å²) < 4.78 is 4.18. The van der Waals surface area contributed by atoms with E-state index in [2.05, 4.69) is 4.74 Å². The number of carbonyl (C=O) groups is 4. The number of hydrogen-bond acceptors (Lipinski definition) is 5. The second-order valence-electron chi connectivity index (χ2n) is 3.49. The molecule has 0 rings (SSSR count). The summed E-state index contributed by atoms with van der Waals surface area (Å²) >= 11 is 0. The Labute approximate surface area is 99.9 Å². The molecular weight excluding hydrogens is 228 g/mol. The summed E-state index contributed by atoms with van der Waals surface area (Å²) in [6, 6.07) is 0. The first-order chi connectivity index (χ1) is 7.77. The van der Waals surface area contributed by atoms with Crippen molar-refractivity contribution in [1.29, 1.82) is 0 Å². The Morgan fingerprint density at radius 1 is 1.18 bits per heavy atom. The summed E-state index contributed by atoms with van der Waals surface area (Å²) in [5.74, 6) is -3.66. The molecule has 0 amide bonds. The molecular formula is C11H18O6. The van der Waals surface area contributed by atoms with Gasteiger partial charge in [0, 0.05) is 12.3 Å².